The van der Waals surface area contributed by atoms with E-state index in [4.69, 9.17) is 9.47 Å². The Morgan fingerprint density at radius 3 is 2.31 bits per heavy atom. The van der Waals surface area contributed by atoms with E-state index in [1.807, 2.05) is 50.8 Å². The third-order valence-corrected chi connectivity index (χ3v) is 8.43. The Morgan fingerprint density at radius 2 is 1.67 bits per heavy atom. The average molecular weight is 656 g/mol. The van der Waals surface area contributed by atoms with E-state index in [0.29, 0.717) is 35.7 Å². The summed E-state index contributed by atoms with van der Waals surface area (Å²) in [5.41, 5.74) is 3.91. The Morgan fingerprint density at radius 1 is 0.958 bits per heavy atom. The lowest BCUT2D eigenvalue weighted by molar-refractivity contribution is 0.0772. The molecule has 0 radical (unpaired) electrons. The third kappa shape index (κ3) is 7.66. The van der Waals surface area contributed by atoms with Crippen molar-refractivity contribution in [1.82, 2.24) is 19.8 Å². The van der Waals surface area contributed by atoms with Crippen LogP contribution in [-0.2, 0) is 0 Å². The summed E-state index contributed by atoms with van der Waals surface area (Å²) in [5, 5.41) is 6.00. The standard InChI is InChI=1S/C36H42FN7O4/c1-7-43(8-2)35(46)25-12-15-30(31(20-25)47-6)48-34-27(33(45)40-32-23(3)10-9-11-24(32)4)22-38-36(41-34)39-26-13-14-29(28(37)21-26)44-18-16-42(5)17-19-44/h9-15,20-22H,7-8,16-19H2,1-6H3,(H,40,45)(H,38,39,41). The van der Waals surface area contributed by atoms with Gasteiger partial charge in [-0.05, 0) is 82.3 Å². The van der Waals surface area contributed by atoms with Crippen LogP contribution in [0.25, 0.3) is 0 Å². The number of hydrogen-bond acceptors (Lipinski definition) is 9. The molecular formula is C36H42FN7O4. The van der Waals surface area contributed by atoms with E-state index < -0.39 is 5.91 Å². The highest BCUT2D eigenvalue weighted by Gasteiger charge is 2.23. The topological polar surface area (TPSA) is 112 Å². The maximum atomic E-state index is 15.3. The minimum absolute atomic E-state index is 0.0603. The molecule has 2 N–H and O–H groups in total. The van der Waals surface area contributed by atoms with E-state index in [1.165, 1.54) is 19.4 Å². The van der Waals surface area contributed by atoms with E-state index in [0.717, 1.165) is 37.3 Å². The van der Waals surface area contributed by atoms with Crippen LogP contribution < -0.4 is 25.0 Å². The minimum atomic E-state index is -0.483. The van der Waals surface area contributed by atoms with Crippen molar-refractivity contribution in [3.05, 3.63) is 88.9 Å². The maximum Gasteiger partial charge on any atom is 0.262 e. The second kappa shape index (κ2) is 15.1. The van der Waals surface area contributed by atoms with Crippen LogP contribution in [0.1, 0.15) is 45.7 Å². The molecule has 5 rings (SSSR count). The summed E-state index contributed by atoms with van der Waals surface area (Å²) in [6.07, 6.45) is 1.35. The zero-order chi connectivity index (χ0) is 34.4. The van der Waals surface area contributed by atoms with E-state index in [1.54, 1.807) is 35.2 Å². The van der Waals surface area contributed by atoms with Crippen LogP contribution in [0.2, 0.25) is 0 Å². The van der Waals surface area contributed by atoms with Crippen molar-refractivity contribution in [2.75, 3.05) is 69.0 Å². The normalized spacial score (nSPS) is 13.2. The number of anilines is 4. The Hall–Kier alpha value is -5.23. The Balaban J connectivity index is 1.47. The number of rotatable bonds is 11. The van der Waals surface area contributed by atoms with E-state index in [-0.39, 0.29) is 40.6 Å². The lowest BCUT2D eigenvalue weighted by atomic mass is 10.1. The molecule has 252 valence electrons. The van der Waals surface area contributed by atoms with Crippen molar-refractivity contribution in [1.29, 1.82) is 0 Å². The number of benzene rings is 3. The molecule has 4 aromatic rings. The number of nitrogens with one attached hydrogen (secondary N) is 2. The Labute approximate surface area is 280 Å². The summed E-state index contributed by atoms with van der Waals surface area (Å²) in [7, 11) is 3.52. The molecule has 0 spiro atoms. The van der Waals surface area contributed by atoms with E-state index >= 15 is 4.39 Å². The van der Waals surface area contributed by atoms with Crippen LogP contribution in [0.3, 0.4) is 0 Å². The molecular weight excluding hydrogens is 613 g/mol. The first-order chi connectivity index (χ1) is 23.1. The lowest BCUT2D eigenvalue weighted by Crippen LogP contribution is -2.44. The minimum Gasteiger partial charge on any atom is -0.493 e. The fourth-order valence-corrected chi connectivity index (χ4v) is 5.55. The quantitative estimate of drug-likeness (QED) is 0.193. The zero-order valence-electron chi connectivity index (χ0n) is 28.3. The number of amides is 2. The van der Waals surface area contributed by atoms with Crippen LogP contribution in [-0.4, -0.2) is 85.0 Å². The summed E-state index contributed by atoms with van der Waals surface area (Å²) >= 11 is 0. The number of aryl methyl sites for hydroxylation is 2. The van der Waals surface area contributed by atoms with Gasteiger partial charge in [0.15, 0.2) is 11.5 Å². The monoisotopic (exact) mass is 655 g/mol. The van der Waals surface area contributed by atoms with Crippen LogP contribution in [0.5, 0.6) is 17.4 Å². The predicted octanol–water partition coefficient (Wildman–Crippen LogP) is 6.26. The second-order valence-electron chi connectivity index (χ2n) is 11.7. The zero-order valence-corrected chi connectivity index (χ0v) is 28.3. The van der Waals surface area contributed by atoms with Crippen molar-refractivity contribution in [2.45, 2.75) is 27.7 Å². The van der Waals surface area contributed by atoms with Gasteiger partial charge in [0.2, 0.25) is 11.8 Å². The molecule has 3 aromatic carbocycles. The molecule has 48 heavy (non-hydrogen) atoms. The highest BCUT2D eigenvalue weighted by atomic mass is 19.1. The number of carbonyl (C=O) groups is 2. The van der Waals surface area contributed by atoms with Crippen molar-refractivity contribution in [3.8, 4) is 17.4 Å². The number of likely N-dealkylation sites (N-methyl/N-ethyl adjacent to an activating group) is 1. The molecule has 1 aliphatic heterocycles. The fourth-order valence-electron chi connectivity index (χ4n) is 5.55. The molecule has 2 amide bonds. The smallest absolute Gasteiger partial charge is 0.262 e. The largest absolute Gasteiger partial charge is 0.493 e. The number of para-hydroxylation sites is 1. The lowest BCUT2D eigenvalue weighted by Gasteiger charge is -2.34. The molecule has 1 saturated heterocycles. The molecule has 0 aliphatic carbocycles. The van der Waals surface area contributed by atoms with Gasteiger partial charge in [-0.2, -0.15) is 4.98 Å². The first kappa shape index (κ1) is 34.1. The van der Waals surface area contributed by atoms with Crippen LogP contribution in [0.4, 0.5) is 27.4 Å². The molecule has 2 heterocycles. The summed E-state index contributed by atoms with van der Waals surface area (Å²) in [5.74, 6) is -0.443. The number of piperazine rings is 1. The van der Waals surface area contributed by atoms with Crippen LogP contribution >= 0.6 is 0 Å². The molecule has 0 unspecified atom stereocenters. The summed E-state index contributed by atoms with van der Waals surface area (Å²) < 4.78 is 27.1. The number of aromatic nitrogens is 2. The average Bonchev–Trinajstić information content (AvgIpc) is 3.08. The van der Waals surface area contributed by atoms with Gasteiger partial charge < -0.3 is 34.8 Å². The highest BCUT2D eigenvalue weighted by Crippen LogP contribution is 2.35. The molecule has 1 aliphatic rings. The maximum absolute atomic E-state index is 15.3. The molecule has 11 nitrogen and oxygen atoms in total. The molecule has 1 aromatic heterocycles. The SMILES string of the molecule is CCN(CC)C(=O)c1ccc(Oc2nc(Nc3ccc(N4CCN(C)CC4)c(F)c3)ncc2C(=O)Nc2c(C)cccc2C)c(OC)c1. The van der Waals surface area contributed by atoms with Crippen molar-refractivity contribution in [3.63, 3.8) is 0 Å². The highest BCUT2D eigenvalue weighted by molar-refractivity contribution is 6.06. The number of methoxy groups -OCH3 is 1. The van der Waals surface area contributed by atoms with E-state index in [2.05, 4.69) is 32.5 Å². The van der Waals surface area contributed by atoms with Gasteiger partial charge in [0.05, 0.1) is 12.8 Å². The molecule has 1 fully saturated rings. The molecule has 0 atom stereocenters. The summed E-state index contributed by atoms with van der Waals surface area (Å²) in [6.45, 7) is 12.0. The van der Waals surface area contributed by atoms with Gasteiger partial charge in [-0.3, -0.25) is 9.59 Å². The van der Waals surface area contributed by atoms with Gasteiger partial charge >= 0.3 is 0 Å². The summed E-state index contributed by atoms with van der Waals surface area (Å²) in [4.78, 5) is 41.5. The van der Waals surface area contributed by atoms with Crippen molar-refractivity contribution >= 4 is 34.8 Å². The first-order valence-electron chi connectivity index (χ1n) is 16.0. The molecule has 0 bridgehead atoms. The summed E-state index contributed by atoms with van der Waals surface area (Å²) in [6, 6.07) is 15.5. The molecule has 12 heteroatoms. The van der Waals surface area contributed by atoms with Crippen LogP contribution in [0, 0.1) is 19.7 Å². The van der Waals surface area contributed by atoms with Crippen molar-refractivity contribution < 1.29 is 23.5 Å². The molecule has 0 saturated carbocycles. The van der Waals surface area contributed by atoms with Gasteiger partial charge in [-0.15, -0.1) is 0 Å². The van der Waals surface area contributed by atoms with Crippen molar-refractivity contribution in [2.24, 2.45) is 0 Å². The third-order valence-electron chi connectivity index (χ3n) is 8.43. The van der Waals surface area contributed by atoms with Crippen LogP contribution in [0.15, 0.2) is 60.8 Å². The van der Waals surface area contributed by atoms with Gasteiger partial charge in [-0.25, -0.2) is 9.37 Å². The predicted molar refractivity (Wildman–Crippen MR) is 186 cm³/mol. The van der Waals surface area contributed by atoms with Gasteiger partial charge in [0.1, 0.15) is 11.4 Å². The second-order valence-corrected chi connectivity index (χ2v) is 11.7. The van der Waals surface area contributed by atoms with Gasteiger partial charge in [-0.1, -0.05) is 18.2 Å². The number of nitrogens with zero attached hydrogens (tertiary/aromatic N) is 5. The Kier molecular flexibility index (Phi) is 10.7. The number of ether oxygens (including phenoxy) is 2. The number of carbonyl (C=O) groups excluding carboxylic acids is 2. The van der Waals surface area contributed by atoms with Gasteiger partial charge in [0.25, 0.3) is 11.8 Å². The fraction of sp³-hybridized carbons (Fsp3) is 0.333. The van der Waals surface area contributed by atoms with E-state index in [9.17, 15) is 9.59 Å². The first-order valence-corrected chi connectivity index (χ1v) is 16.0. The number of halogens is 1. The number of hydrogen-bond donors (Lipinski definition) is 2. The Bertz CT molecular complexity index is 1770. The van der Waals surface area contributed by atoms with Gasteiger partial charge in [0, 0.05) is 62.4 Å².